The summed E-state index contributed by atoms with van der Waals surface area (Å²) in [5, 5.41) is 6.20. The maximum Gasteiger partial charge on any atom is 0.0701 e. The largest absolute Gasteiger partial charge is 0.290 e. The molecule has 2 N–H and O–H groups in total. The zero-order valence-corrected chi connectivity index (χ0v) is 6.94. The number of piperidine rings is 1. The molecule has 2 heterocycles. The molecule has 0 radical (unpaired) electrons. The molecule has 2 aliphatic heterocycles. The maximum atomic E-state index is 5.56. The smallest absolute Gasteiger partial charge is 0.0701 e. The first-order valence-electron chi connectivity index (χ1n) is 4.00. The molecule has 0 aromatic carbocycles. The van der Waals surface area contributed by atoms with E-state index in [1.54, 1.807) is 0 Å². The third-order valence-electron chi connectivity index (χ3n) is 2.70. The van der Waals surface area contributed by atoms with Crippen molar-refractivity contribution in [2.75, 3.05) is 13.1 Å². The third kappa shape index (κ3) is 1.06. The van der Waals surface area contributed by atoms with Crippen molar-refractivity contribution in [2.24, 2.45) is 11.1 Å². The number of fused-ring (bicyclic) bond motifs is 2. The number of nitrogens with two attached hydrogens (primary N) is 1. The second-order valence-electron chi connectivity index (χ2n) is 3.32. The highest BCUT2D eigenvalue weighted by Gasteiger charge is 2.32. The molecule has 3 heteroatoms. The Morgan fingerprint density at radius 3 is 3.00 bits per heavy atom. The van der Waals surface area contributed by atoms with Crippen molar-refractivity contribution in [3.63, 3.8) is 0 Å². The monoisotopic (exact) mass is 158 g/mol. The first-order chi connectivity index (χ1) is 4.90. The van der Waals surface area contributed by atoms with E-state index in [0.717, 1.165) is 5.92 Å². The van der Waals surface area contributed by atoms with Gasteiger partial charge in [0.2, 0.25) is 0 Å². The quantitative estimate of drug-likeness (QED) is 0.578. The molecule has 3 unspecified atom stereocenters. The van der Waals surface area contributed by atoms with Gasteiger partial charge < -0.3 is 0 Å². The lowest BCUT2D eigenvalue weighted by molar-refractivity contribution is 0.245. The molecule has 0 saturated carbocycles. The van der Waals surface area contributed by atoms with Gasteiger partial charge in [0.25, 0.3) is 0 Å². The van der Waals surface area contributed by atoms with Gasteiger partial charge in [-0.3, -0.25) is 10.0 Å². The molecule has 2 bridgehead atoms. The number of rotatable bonds is 1. The highest BCUT2D eigenvalue weighted by Crippen LogP contribution is 2.33. The average molecular weight is 158 g/mol. The van der Waals surface area contributed by atoms with Gasteiger partial charge in [0.15, 0.2) is 0 Å². The average Bonchev–Trinajstić information content (AvgIpc) is 2.34. The normalized spacial score (nSPS) is 45.9. The van der Waals surface area contributed by atoms with E-state index < -0.39 is 0 Å². The lowest BCUT2D eigenvalue weighted by Crippen LogP contribution is -2.35. The summed E-state index contributed by atoms with van der Waals surface area (Å²) in [6.45, 7) is 2.61. The van der Waals surface area contributed by atoms with E-state index in [0.29, 0.717) is 5.37 Å². The van der Waals surface area contributed by atoms with Crippen LogP contribution in [0.2, 0.25) is 0 Å². The SMILES string of the molecule is NSC1CCC2CCN1C2. The molecule has 58 valence electrons. The van der Waals surface area contributed by atoms with Crippen LogP contribution in [0.1, 0.15) is 19.3 Å². The maximum absolute atomic E-state index is 5.56. The predicted molar refractivity (Wildman–Crippen MR) is 44.5 cm³/mol. The van der Waals surface area contributed by atoms with Gasteiger partial charge >= 0.3 is 0 Å². The molecule has 0 aliphatic carbocycles. The standard InChI is InChI=1S/C7H14N2S/c8-10-7-2-1-6-3-4-9(7)5-6/h6-7H,1-5,8H2. The van der Waals surface area contributed by atoms with Gasteiger partial charge in [0, 0.05) is 6.54 Å². The highest BCUT2D eigenvalue weighted by atomic mass is 32.2. The van der Waals surface area contributed by atoms with Crippen molar-refractivity contribution >= 4 is 11.9 Å². The Kier molecular flexibility index (Phi) is 1.89. The summed E-state index contributed by atoms with van der Waals surface area (Å²) in [6.07, 6.45) is 4.13. The second kappa shape index (κ2) is 2.72. The van der Waals surface area contributed by atoms with Crippen LogP contribution in [0.15, 0.2) is 0 Å². The minimum atomic E-state index is 0.638. The fourth-order valence-corrected chi connectivity index (χ4v) is 2.71. The van der Waals surface area contributed by atoms with Gasteiger partial charge in [-0.25, -0.2) is 0 Å². The lowest BCUT2D eigenvalue weighted by Gasteiger charge is -2.29. The first-order valence-corrected chi connectivity index (χ1v) is 4.94. The van der Waals surface area contributed by atoms with Gasteiger partial charge in [-0.2, -0.15) is 0 Å². The van der Waals surface area contributed by atoms with E-state index in [9.17, 15) is 0 Å². The Bertz CT molecular complexity index is 129. The summed E-state index contributed by atoms with van der Waals surface area (Å²) in [7, 11) is 0. The van der Waals surface area contributed by atoms with Crippen molar-refractivity contribution in [2.45, 2.75) is 24.6 Å². The van der Waals surface area contributed by atoms with Crippen molar-refractivity contribution in [3.05, 3.63) is 0 Å². The molecular weight excluding hydrogens is 144 g/mol. The topological polar surface area (TPSA) is 29.3 Å². The van der Waals surface area contributed by atoms with Crippen LogP contribution in [0, 0.1) is 5.92 Å². The predicted octanol–water partition coefficient (Wildman–Crippen LogP) is 1.04. The highest BCUT2D eigenvalue weighted by molar-refractivity contribution is 7.97. The van der Waals surface area contributed by atoms with Crippen LogP contribution in [-0.2, 0) is 0 Å². The Labute approximate surface area is 66.3 Å². The van der Waals surface area contributed by atoms with Crippen LogP contribution >= 0.6 is 11.9 Å². The van der Waals surface area contributed by atoms with E-state index in [1.807, 2.05) is 0 Å². The van der Waals surface area contributed by atoms with E-state index in [2.05, 4.69) is 4.90 Å². The van der Waals surface area contributed by atoms with Gasteiger partial charge in [0.1, 0.15) is 0 Å². The van der Waals surface area contributed by atoms with Gasteiger partial charge in [-0.1, -0.05) is 11.9 Å². The van der Waals surface area contributed by atoms with Crippen molar-refractivity contribution in [3.8, 4) is 0 Å². The molecule has 0 spiro atoms. The number of nitrogens with zero attached hydrogens (tertiary/aromatic N) is 1. The minimum absolute atomic E-state index is 0.638. The summed E-state index contributed by atoms with van der Waals surface area (Å²) < 4.78 is 0. The van der Waals surface area contributed by atoms with Gasteiger partial charge in [-0.15, -0.1) is 0 Å². The Hall–Kier alpha value is 0.270. The molecule has 0 aromatic heterocycles. The Morgan fingerprint density at radius 2 is 2.20 bits per heavy atom. The molecule has 2 nitrogen and oxygen atoms in total. The fraction of sp³-hybridized carbons (Fsp3) is 1.00. The molecule has 3 atom stereocenters. The van der Waals surface area contributed by atoms with E-state index in [1.165, 1.54) is 44.3 Å². The van der Waals surface area contributed by atoms with Gasteiger partial charge in [0.05, 0.1) is 5.37 Å². The number of hydrogen-bond donors (Lipinski definition) is 1. The summed E-state index contributed by atoms with van der Waals surface area (Å²) in [4.78, 5) is 2.53. The molecule has 2 saturated heterocycles. The summed E-state index contributed by atoms with van der Waals surface area (Å²) >= 11 is 1.53. The van der Waals surface area contributed by atoms with Crippen LogP contribution < -0.4 is 5.14 Å². The third-order valence-corrected chi connectivity index (χ3v) is 3.55. The van der Waals surface area contributed by atoms with Crippen LogP contribution in [0.25, 0.3) is 0 Å². The van der Waals surface area contributed by atoms with E-state index in [4.69, 9.17) is 5.14 Å². The fourth-order valence-electron chi connectivity index (χ4n) is 2.07. The zero-order valence-electron chi connectivity index (χ0n) is 6.12. The van der Waals surface area contributed by atoms with Crippen LogP contribution in [0.5, 0.6) is 0 Å². The molecule has 10 heavy (non-hydrogen) atoms. The molecule has 0 aromatic rings. The van der Waals surface area contributed by atoms with Crippen LogP contribution in [0.4, 0.5) is 0 Å². The molecule has 2 aliphatic rings. The van der Waals surface area contributed by atoms with Crippen LogP contribution in [-0.4, -0.2) is 23.4 Å². The first kappa shape index (κ1) is 6.95. The minimum Gasteiger partial charge on any atom is -0.290 e. The van der Waals surface area contributed by atoms with E-state index >= 15 is 0 Å². The molecule has 2 rings (SSSR count). The molecule has 2 fully saturated rings. The molecule has 0 amide bonds. The van der Waals surface area contributed by atoms with Crippen molar-refractivity contribution in [1.82, 2.24) is 4.90 Å². The Morgan fingerprint density at radius 1 is 1.30 bits per heavy atom. The van der Waals surface area contributed by atoms with Crippen molar-refractivity contribution in [1.29, 1.82) is 0 Å². The summed E-state index contributed by atoms with van der Waals surface area (Å²) in [5.41, 5.74) is 0. The summed E-state index contributed by atoms with van der Waals surface area (Å²) in [5.74, 6) is 1.00. The second-order valence-corrected chi connectivity index (χ2v) is 4.13. The van der Waals surface area contributed by atoms with Gasteiger partial charge in [-0.05, 0) is 31.7 Å². The Balaban J connectivity index is 2.00. The van der Waals surface area contributed by atoms with Crippen molar-refractivity contribution < 1.29 is 0 Å². The lowest BCUT2D eigenvalue weighted by atomic mass is 10.0. The molecular formula is C7H14N2S. The zero-order chi connectivity index (χ0) is 6.97. The van der Waals surface area contributed by atoms with E-state index in [-0.39, 0.29) is 0 Å². The number of hydrogen-bond acceptors (Lipinski definition) is 3. The summed E-state index contributed by atoms with van der Waals surface area (Å²) in [6, 6.07) is 0. The van der Waals surface area contributed by atoms with Crippen LogP contribution in [0.3, 0.4) is 0 Å².